The van der Waals surface area contributed by atoms with E-state index in [1.165, 1.54) is 25.7 Å². The van der Waals surface area contributed by atoms with Crippen LogP contribution in [-0.2, 0) is 15.4 Å². The summed E-state index contributed by atoms with van der Waals surface area (Å²) >= 11 is 3.36. The van der Waals surface area contributed by atoms with Crippen LogP contribution in [0.4, 0.5) is 0 Å². The highest BCUT2D eigenvalue weighted by Gasteiger charge is 2.39. The molecular formula is C15H20BrNO2S. The van der Waals surface area contributed by atoms with E-state index in [9.17, 15) is 8.42 Å². The molecule has 20 heavy (non-hydrogen) atoms. The molecule has 0 amide bonds. The third kappa shape index (κ3) is 2.95. The molecule has 0 heterocycles. The second kappa shape index (κ2) is 5.78. The quantitative estimate of drug-likeness (QED) is 0.821. The zero-order valence-electron chi connectivity index (χ0n) is 11.4. The van der Waals surface area contributed by atoms with E-state index in [1.807, 2.05) is 12.1 Å². The van der Waals surface area contributed by atoms with Crippen LogP contribution in [0.5, 0.6) is 0 Å². The van der Waals surface area contributed by atoms with Gasteiger partial charge in [-0.25, -0.2) is 13.1 Å². The van der Waals surface area contributed by atoms with Crippen LogP contribution in [0.15, 0.2) is 29.2 Å². The van der Waals surface area contributed by atoms with Crippen LogP contribution >= 0.6 is 15.9 Å². The van der Waals surface area contributed by atoms with E-state index >= 15 is 0 Å². The molecule has 0 saturated heterocycles. The molecule has 2 aliphatic carbocycles. The van der Waals surface area contributed by atoms with Crippen molar-refractivity contribution in [1.82, 2.24) is 4.72 Å². The van der Waals surface area contributed by atoms with Gasteiger partial charge in [0, 0.05) is 11.9 Å². The summed E-state index contributed by atoms with van der Waals surface area (Å²) in [6.45, 7) is 0.601. The minimum atomic E-state index is -3.35. The first kappa shape index (κ1) is 14.5. The molecule has 0 aliphatic heterocycles. The van der Waals surface area contributed by atoms with Crippen LogP contribution in [0.1, 0.15) is 31.2 Å². The third-order valence-corrected chi connectivity index (χ3v) is 6.89. The Morgan fingerprint density at radius 2 is 1.90 bits per heavy atom. The summed E-state index contributed by atoms with van der Waals surface area (Å²) < 4.78 is 27.3. The average Bonchev–Trinajstić information content (AvgIpc) is 3.08. The van der Waals surface area contributed by atoms with Gasteiger partial charge in [-0.3, -0.25) is 0 Å². The number of fused-ring (bicyclic) bond motifs is 2. The average molecular weight is 358 g/mol. The van der Waals surface area contributed by atoms with Gasteiger partial charge in [-0.2, -0.15) is 0 Å². The number of rotatable bonds is 5. The van der Waals surface area contributed by atoms with Crippen molar-refractivity contribution in [2.24, 2.45) is 17.8 Å². The molecule has 1 N–H and O–H groups in total. The van der Waals surface area contributed by atoms with Crippen molar-refractivity contribution in [3.05, 3.63) is 29.8 Å². The number of halogens is 1. The van der Waals surface area contributed by atoms with Crippen molar-refractivity contribution in [1.29, 1.82) is 0 Å². The Kier molecular flexibility index (Phi) is 4.20. The Hall–Kier alpha value is -0.390. The largest absolute Gasteiger partial charge is 0.240 e. The molecule has 3 rings (SSSR count). The zero-order chi connectivity index (χ0) is 14.2. The van der Waals surface area contributed by atoms with Gasteiger partial charge in [-0.05, 0) is 54.7 Å². The maximum atomic E-state index is 12.3. The van der Waals surface area contributed by atoms with Crippen LogP contribution < -0.4 is 4.72 Å². The second-order valence-corrected chi connectivity index (χ2v) is 8.39. The third-order valence-electron chi connectivity index (χ3n) is 4.81. The van der Waals surface area contributed by atoms with Crippen molar-refractivity contribution in [2.45, 2.75) is 35.9 Å². The minimum Gasteiger partial charge on any atom is -0.211 e. The summed E-state index contributed by atoms with van der Waals surface area (Å²) in [6.07, 6.45) is 5.15. The number of hydrogen-bond donors (Lipinski definition) is 1. The van der Waals surface area contributed by atoms with Gasteiger partial charge >= 0.3 is 0 Å². The summed E-state index contributed by atoms with van der Waals surface area (Å²) in [5.74, 6) is 2.15. The predicted octanol–water partition coefficient (Wildman–Crippen LogP) is 3.30. The van der Waals surface area contributed by atoms with Gasteiger partial charge in [0.05, 0.1) is 4.90 Å². The normalized spacial score (nSPS) is 28.9. The number of alkyl halides is 1. The fraction of sp³-hybridized carbons (Fsp3) is 0.600. The summed E-state index contributed by atoms with van der Waals surface area (Å²) in [5, 5.41) is 0.742. The molecule has 5 heteroatoms. The van der Waals surface area contributed by atoms with Gasteiger partial charge in [-0.1, -0.05) is 34.5 Å². The van der Waals surface area contributed by atoms with E-state index in [0.29, 0.717) is 17.4 Å². The summed E-state index contributed by atoms with van der Waals surface area (Å²) in [5.41, 5.74) is 1.08. The van der Waals surface area contributed by atoms with Crippen LogP contribution in [0.2, 0.25) is 0 Å². The molecule has 3 nitrogen and oxygen atoms in total. The summed E-state index contributed by atoms with van der Waals surface area (Å²) in [6, 6.07) is 7.06. The second-order valence-electron chi connectivity index (χ2n) is 6.06. The van der Waals surface area contributed by atoms with Gasteiger partial charge in [-0.15, -0.1) is 0 Å². The molecule has 1 aromatic rings. The fourth-order valence-corrected chi connectivity index (χ4v) is 5.15. The van der Waals surface area contributed by atoms with E-state index in [-0.39, 0.29) is 0 Å². The Balaban J connectivity index is 1.63. The first-order valence-electron chi connectivity index (χ1n) is 7.23. The van der Waals surface area contributed by atoms with Crippen molar-refractivity contribution in [2.75, 3.05) is 6.54 Å². The van der Waals surface area contributed by atoms with E-state index in [1.54, 1.807) is 12.1 Å². The molecule has 2 fully saturated rings. The lowest BCUT2D eigenvalue weighted by atomic mass is 9.89. The van der Waals surface area contributed by atoms with E-state index in [2.05, 4.69) is 20.7 Å². The molecule has 0 spiro atoms. The molecule has 2 saturated carbocycles. The molecule has 2 bridgehead atoms. The lowest BCUT2D eigenvalue weighted by Gasteiger charge is -2.21. The maximum absolute atomic E-state index is 12.3. The zero-order valence-corrected chi connectivity index (χ0v) is 13.8. The first-order valence-corrected chi connectivity index (χ1v) is 9.83. The number of benzene rings is 1. The Morgan fingerprint density at radius 1 is 1.15 bits per heavy atom. The monoisotopic (exact) mass is 357 g/mol. The van der Waals surface area contributed by atoms with Gasteiger partial charge in [0.15, 0.2) is 0 Å². The fourth-order valence-electron chi connectivity index (χ4n) is 3.68. The van der Waals surface area contributed by atoms with Gasteiger partial charge < -0.3 is 0 Å². The molecule has 3 unspecified atom stereocenters. The number of nitrogens with one attached hydrogen (secondary N) is 1. The van der Waals surface area contributed by atoms with Crippen LogP contribution in [0, 0.1) is 17.8 Å². The highest BCUT2D eigenvalue weighted by molar-refractivity contribution is 9.08. The molecular weight excluding hydrogens is 338 g/mol. The smallest absolute Gasteiger partial charge is 0.211 e. The highest BCUT2D eigenvalue weighted by atomic mass is 79.9. The highest BCUT2D eigenvalue weighted by Crippen LogP contribution is 2.48. The number of hydrogen-bond acceptors (Lipinski definition) is 2. The maximum Gasteiger partial charge on any atom is 0.240 e. The van der Waals surface area contributed by atoms with E-state index < -0.39 is 10.0 Å². The van der Waals surface area contributed by atoms with Crippen molar-refractivity contribution >= 4 is 26.0 Å². The summed E-state index contributed by atoms with van der Waals surface area (Å²) in [7, 11) is -3.35. The molecule has 3 atom stereocenters. The first-order chi connectivity index (χ1) is 9.58. The van der Waals surface area contributed by atoms with Gasteiger partial charge in [0.25, 0.3) is 0 Å². The minimum absolute atomic E-state index is 0.366. The van der Waals surface area contributed by atoms with Crippen molar-refractivity contribution in [3.63, 3.8) is 0 Å². The topological polar surface area (TPSA) is 46.2 Å². The standard InChI is InChI=1S/C15H20BrNO2S/c16-9-11-2-5-15(6-3-11)20(18,19)17-10-14-8-12-1-4-13(14)7-12/h2-3,5-6,12-14,17H,1,4,7-10H2. The number of sulfonamides is 1. The summed E-state index contributed by atoms with van der Waals surface area (Å²) in [4.78, 5) is 0.366. The molecule has 1 aromatic carbocycles. The van der Waals surface area contributed by atoms with Crippen LogP contribution in [0.25, 0.3) is 0 Å². The molecule has 110 valence electrons. The van der Waals surface area contributed by atoms with Crippen molar-refractivity contribution < 1.29 is 8.42 Å². The van der Waals surface area contributed by atoms with Gasteiger partial charge in [0.1, 0.15) is 0 Å². The Bertz CT molecular complexity index is 570. The van der Waals surface area contributed by atoms with Crippen LogP contribution in [-0.4, -0.2) is 15.0 Å². The lowest BCUT2D eigenvalue weighted by molar-refractivity contribution is 0.333. The SMILES string of the molecule is O=S(=O)(NCC1CC2CCC1C2)c1ccc(CBr)cc1. The van der Waals surface area contributed by atoms with E-state index in [0.717, 1.165) is 22.7 Å². The predicted molar refractivity (Wildman–Crippen MR) is 83.2 cm³/mol. The molecule has 0 radical (unpaired) electrons. The van der Waals surface area contributed by atoms with Crippen molar-refractivity contribution in [3.8, 4) is 0 Å². The Morgan fingerprint density at radius 3 is 2.45 bits per heavy atom. The van der Waals surface area contributed by atoms with E-state index in [4.69, 9.17) is 0 Å². The Labute approximate surface area is 129 Å². The lowest BCUT2D eigenvalue weighted by Crippen LogP contribution is -2.31. The molecule has 2 aliphatic rings. The van der Waals surface area contributed by atoms with Crippen LogP contribution in [0.3, 0.4) is 0 Å². The molecule has 0 aromatic heterocycles. The van der Waals surface area contributed by atoms with Gasteiger partial charge in [0.2, 0.25) is 10.0 Å².